The molecule has 6 nitrogen and oxygen atoms in total. The normalized spacial score (nSPS) is 12.0. The number of non-ortho nitro benzene ring substituents is 1. The van der Waals surface area contributed by atoms with Gasteiger partial charge in [0.15, 0.2) is 0 Å². The quantitative estimate of drug-likeness (QED) is 0.640. The lowest BCUT2D eigenvalue weighted by Crippen LogP contribution is -2.32. The monoisotopic (exact) mass is 349 g/mol. The molecule has 0 saturated carbocycles. The Morgan fingerprint density at radius 1 is 1.28 bits per heavy atom. The number of nitro benzene ring substituents is 1. The average molecular weight is 349 g/mol. The lowest BCUT2D eigenvalue weighted by molar-refractivity contribution is -0.384. The molecule has 2 aromatic rings. The maximum Gasteiger partial charge on any atom is 0.269 e. The number of rotatable bonds is 6. The molecular formula is C17H17F2N3O3. The molecular weight excluding hydrogens is 332 g/mol. The molecule has 0 fully saturated rings. The Bertz CT molecular complexity index is 798. The molecule has 0 bridgehead atoms. The van der Waals surface area contributed by atoms with Crippen molar-refractivity contribution >= 4 is 17.3 Å². The first-order valence-electron chi connectivity index (χ1n) is 7.47. The Kier molecular flexibility index (Phi) is 5.76. The first kappa shape index (κ1) is 18.5. The SMILES string of the molecule is CC(c1cccc([N+](=O)[O-])c1)N(C)CC(=O)Nc1cc(F)ccc1F. The second-order valence-electron chi connectivity index (χ2n) is 5.62. The molecule has 8 heteroatoms. The van der Waals surface area contributed by atoms with Crippen molar-refractivity contribution in [2.24, 2.45) is 0 Å². The summed E-state index contributed by atoms with van der Waals surface area (Å²) in [7, 11) is 1.66. The third-order valence-electron chi connectivity index (χ3n) is 3.82. The first-order valence-corrected chi connectivity index (χ1v) is 7.47. The van der Waals surface area contributed by atoms with E-state index in [9.17, 15) is 23.7 Å². The van der Waals surface area contributed by atoms with Crippen LogP contribution in [0, 0.1) is 21.7 Å². The van der Waals surface area contributed by atoms with Crippen molar-refractivity contribution < 1.29 is 18.5 Å². The van der Waals surface area contributed by atoms with E-state index in [1.807, 2.05) is 0 Å². The number of hydrogen-bond donors (Lipinski definition) is 1. The molecule has 0 aliphatic rings. The van der Waals surface area contributed by atoms with Crippen molar-refractivity contribution in [1.82, 2.24) is 4.90 Å². The van der Waals surface area contributed by atoms with Crippen LogP contribution in [0.15, 0.2) is 42.5 Å². The summed E-state index contributed by atoms with van der Waals surface area (Å²) in [6.45, 7) is 1.69. The summed E-state index contributed by atoms with van der Waals surface area (Å²) in [5, 5.41) is 13.2. The van der Waals surface area contributed by atoms with Crippen molar-refractivity contribution in [2.45, 2.75) is 13.0 Å². The molecule has 25 heavy (non-hydrogen) atoms. The van der Waals surface area contributed by atoms with E-state index in [1.165, 1.54) is 12.1 Å². The Hall–Kier alpha value is -2.87. The third-order valence-corrected chi connectivity index (χ3v) is 3.82. The Morgan fingerprint density at radius 3 is 2.68 bits per heavy atom. The van der Waals surface area contributed by atoms with Gasteiger partial charge in [0.25, 0.3) is 5.69 Å². The number of carbonyl (C=O) groups excluding carboxylic acids is 1. The molecule has 1 atom stereocenters. The number of amides is 1. The number of likely N-dealkylation sites (N-methyl/N-ethyl adjacent to an activating group) is 1. The van der Waals surface area contributed by atoms with Gasteiger partial charge in [0.2, 0.25) is 5.91 Å². The molecule has 1 N–H and O–H groups in total. The molecule has 0 heterocycles. The van der Waals surface area contributed by atoms with E-state index in [-0.39, 0.29) is 24.0 Å². The van der Waals surface area contributed by atoms with E-state index in [0.717, 1.165) is 18.2 Å². The Balaban J connectivity index is 2.04. The van der Waals surface area contributed by atoms with E-state index in [0.29, 0.717) is 5.56 Å². The van der Waals surface area contributed by atoms with Crippen molar-refractivity contribution in [3.8, 4) is 0 Å². The third kappa shape index (κ3) is 4.80. The molecule has 0 spiro atoms. The van der Waals surface area contributed by atoms with E-state index < -0.39 is 22.5 Å². The van der Waals surface area contributed by atoms with Gasteiger partial charge >= 0.3 is 0 Å². The minimum absolute atomic E-state index is 0.0379. The first-order chi connectivity index (χ1) is 11.8. The highest BCUT2D eigenvalue weighted by atomic mass is 19.1. The minimum Gasteiger partial charge on any atom is -0.322 e. The van der Waals surface area contributed by atoms with Crippen LogP contribution >= 0.6 is 0 Å². The molecule has 1 amide bonds. The lowest BCUT2D eigenvalue weighted by Gasteiger charge is -2.24. The van der Waals surface area contributed by atoms with Crippen LogP contribution in [0.4, 0.5) is 20.2 Å². The zero-order valence-electron chi connectivity index (χ0n) is 13.7. The van der Waals surface area contributed by atoms with E-state index in [2.05, 4.69) is 5.32 Å². The number of halogens is 2. The highest BCUT2D eigenvalue weighted by Crippen LogP contribution is 2.23. The average Bonchev–Trinajstić information content (AvgIpc) is 2.57. The Labute approximate surface area is 143 Å². The van der Waals surface area contributed by atoms with Crippen LogP contribution in [-0.4, -0.2) is 29.3 Å². The van der Waals surface area contributed by atoms with Gasteiger partial charge in [0, 0.05) is 24.2 Å². The highest BCUT2D eigenvalue weighted by molar-refractivity contribution is 5.92. The zero-order chi connectivity index (χ0) is 18.6. The van der Waals surface area contributed by atoms with Gasteiger partial charge in [-0.3, -0.25) is 19.8 Å². The summed E-state index contributed by atoms with van der Waals surface area (Å²) < 4.78 is 26.7. The van der Waals surface area contributed by atoms with Crippen LogP contribution in [-0.2, 0) is 4.79 Å². The lowest BCUT2D eigenvalue weighted by atomic mass is 10.1. The van der Waals surface area contributed by atoms with Gasteiger partial charge in [-0.25, -0.2) is 8.78 Å². The predicted octanol–water partition coefficient (Wildman–Crippen LogP) is 3.50. The number of nitro groups is 1. The maximum atomic E-state index is 13.6. The summed E-state index contributed by atoms with van der Waals surface area (Å²) in [6.07, 6.45) is 0. The van der Waals surface area contributed by atoms with Crippen molar-refractivity contribution in [1.29, 1.82) is 0 Å². The molecule has 0 aliphatic carbocycles. The maximum absolute atomic E-state index is 13.6. The van der Waals surface area contributed by atoms with Crippen LogP contribution in [0.3, 0.4) is 0 Å². The molecule has 0 saturated heterocycles. The fourth-order valence-electron chi connectivity index (χ4n) is 2.30. The van der Waals surface area contributed by atoms with Crippen molar-refractivity contribution in [3.63, 3.8) is 0 Å². The topological polar surface area (TPSA) is 75.5 Å². The molecule has 0 aromatic heterocycles. The van der Waals surface area contributed by atoms with Gasteiger partial charge in [-0.15, -0.1) is 0 Å². The predicted molar refractivity (Wildman–Crippen MR) is 89.1 cm³/mol. The highest BCUT2D eigenvalue weighted by Gasteiger charge is 2.18. The van der Waals surface area contributed by atoms with E-state index in [1.54, 1.807) is 31.0 Å². The fourth-order valence-corrected chi connectivity index (χ4v) is 2.30. The van der Waals surface area contributed by atoms with Gasteiger partial charge < -0.3 is 5.32 Å². The van der Waals surface area contributed by atoms with E-state index in [4.69, 9.17) is 0 Å². The summed E-state index contributed by atoms with van der Waals surface area (Å²) in [4.78, 5) is 24.0. The summed E-state index contributed by atoms with van der Waals surface area (Å²) in [5.41, 5.74) is 0.395. The number of nitrogens with zero attached hydrogens (tertiary/aromatic N) is 2. The smallest absolute Gasteiger partial charge is 0.269 e. The molecule has 2 aromatic carbocycles. The molecule has 1 unspecified atom stereocenters. The van der Waals surface area contributed by atoms with Crippen LogP contribution in [0.25, 0.3) is 0 Å². The minimum atomic E-state index is -0.732. The largest absolute Gasteiger partial charge is 0.322 e. The van der Waals surface area contributed by atoms with Crippen LogP contribution in [0.2, 0.25) is 0 Å². The van der Waals surface area contributed by atoms with Gasteiger partial charge in [-0.1, -0.05) is 12.1 Å². The number of hydrogen-bond acceptors (Lipinski definition) is 4. The van der Waals surface area contributed by atoms with E-state index >= 15 is 0 Å². The number of nitrogens with one attached hydrogen (secondary N) is 1. The van der Waals surface area contributed by atoms with Gasteiger partial charge in [-0.05, 0) is 31.7 Å². The zero-order valence-corrected chi connectivity index (χ0v) is 13.7. The summed E-state index contributed by atoms with van der Waals surface area (Å²) in [6, 6.07) is 8.61. The second-order valence-corrected chi connectivity index (χ2v) is 5.62. The van der Waals surface area contributed by atoms with Gasteiger partial charge in [-0.2, -0.15) is 0 Å². The standard InChI is InChI=1S/C17H17F2N3O3/c1-11(12-4-3-5-14(8-12)22(24)25)21(2)10-17(23)20-16-9-13(18)6-7-15(16)19/h3-9,11H,10H2,1-2H3,(H,20,23). The fraction of sp³-hybridized carbons (Fsp3) is 0.235. The molecule has 2 rings (SSSR count). The number of benzene rings is 2. The molecule has 132 valence electrons. The number of anilines is 1. The number of carbonyl (C=O) groups is 1. The molecule has 0 radical (unpaired) electrons. The second kappa shape index (κ2) is 7.80. The van der Waals surface area contributed by atoms with Gasteiger partial charge in [0.05, 0.1) is 17.2 Å². The van der Waals surface area contributed by atoms with Crippen molar-refractivity contribution in [3.05, 3.63) is 69.8 Å². The van der Waals surface area contributed by atoms with Crippen LogP contribution in [0.1, 0.15) is 18.5 Å². The molecule has 0 aliphatic heterocycles. The van der Waals surface area contributed by atoms with Crippen molar-refractivity contribution in [2.75, 3.05) is 18.9 Å². The van der Waals surface area contributed by atoms with Crippen LogP contribution in [0.5, 0.6) is 0 Å². The van der Waals surface area contributed by atoms with Gasteiger partial charge in [0.1, 0.15) is 11.6 Å². The summed E-state index contributed by atoms with van der Waals surface area (Å²) >= 11 is 0. The Morgan fingerprint density at radius 2 is 2.00 bits per heavy atom. The van der Waals surface area contributed by atoms with Crippen LogP contribution < -0.4 is 5.32 Å². The summed E-state index contributed by atoms with van der Waals surface area (Å²) in [5.74, 6) is -1.91.